The monoisotopic (exact) mass is 349 g/mol. The zero-order valence-corrected chi connectivity index (χ0v) is 15.4. The van der Waals surface area contributed by atoms with E-state index in [1.165, 1.54) is 4.90 Å². The molecule has 25 heavy (non-hydrogen) atoms. The van der Waals surface area contributed by atoms with Gasteiger partial charge in [0.1, 0.15) is 0 Å². The minimum Gasteiger partial charge on any atom is -0.294 e. The van der Waals surface area contributed by atoms with Gasteiger partial charge in [-0.15, -0.1) is 11.8 Å². The van der Waals surface area contributed by atoms with Crippen molar-refractivity contribution in [1.29, 1.82) is 0 Å². The fraction of sp³-hybridized carbons (Fsp3) is 0.318. The number of piperidine rings is 1. The molecule has 0 saturated carbocycles. The van der Waals surface area contributed by atoms with Crippen LogP contribution in [0, 0.1) is 17.8 Å². The Labute approximate surface area is 154 Å². The van der Waals surface area contributed by atoms with Gasteiger partial charge < -0.3 is 0 Å². The van der Waals surface area contributed by atoms with E-state index in [1.807, 2.05) is 60.9 Å². The molecule has 0 aromatic heterocycles. The normalized spacial score (nSPS) is 17.6. The summed E-state index contributed by atoms with van der Waals surface area (Å²) in [5, 5.41) is 0. The van der Waals surface area contributed by atoms with Crippen molar-refractivity contribution in [3.63, 3.8) is 0 Å². The molecule has 0 amide bonds. The lowest BCUT2D eigenvalue weighted by atomic mass is 9.90. The third kappa shape index (κ3) is 4.98. The highest BCUT2D eigenvalue weighted by Gasteiger charge is 2.26. The van der Waals surface area contributed by atoms with Gasteiger partial charge in [0, 0.05) is 28.5 Å². The first-order valence-corrected chi connectivity index (χ1v) is 9.93. The number of hydrogen-bond acceptors (Lipinski definition) is 3. The summed E-state index contributed by atoms with van der Waals surface area (Å²) in [5.41, 5.74) is 1.88. The fourth-order valence-corrected chi connectivity index (χ4v) is 3.59. The van der Waals surface area contributed by atoms with E-state index in [-0.39, 0.29) is 11.7 Å². The van der Waals surface area contributed by atoms with E-state index in [0.717, 1.165) is 43.6 Å². The molecule has 1 atom stereocenters. The summed E-state index contributed by atoms with van der Waals surface area (Å²) in [6.07, 6.45) is 4.09. The summed E-state index contributed by atoms with van der Waals surface area (Å²) in [7, 11) is 0. The van der Waals surface area contributed by atoms with Crippen LogP contribution in [-0.4, -0.2) is 36.6 Å². The summed E-state index contributed by atoms with van der Waals surface area (Å²) in [6.45, 7) is 2.56. The van der Waals surface area contributed by atoms with Gasteiger partial charge in [-0.1, -0.05) is 42.2 Å². The largest absolute Gasteiger partial charge is 0.294 e. The van der Waals surface area contributed by atoms with Gasteiger partial charge in [-0.2, -0.15) is 0 Å². The fourth-order valence-electron chi connectivity index (χ4n) is 3.18. The molecule has 0 bridgehead atoms. The summed E-state index contributed by atoms with van der Waals surface area (Å²) in [5.74, 6) is 6.81. The van der Waals surface area contributed by atoms with Crippen molar-refractivity contribution in [2.75, 3.05) is 25.9 Å². The number of rotatable bonds is 4. The third-order valence-electron chi connectivity index (χ3n) is 4.56. The second-order valence-corrected chi connectivity index (χ2v) is 7.21. The number of likely N-dealkylation sites (tertiary alicyclic amines) is 1. The predicted molar refractivity (Wildman–Crippen MR) is 105 cm³/mol. The Morgan fingerprint density at radius 1 is 1.16 bits per heavy atom. The van der Waals surface area contributed by atoms with E-state index in [0.29, 0.717) is 0 Å². The van der Waals surface area contributed by atoms with Crippen LogP contribution < -0.4 is 0 Å². The first-order chi connectivity index (χ1) is 12.3. The van der Waals surface area contributed by atoms with Gasteiger partial charge in [0.15, 0.2) is 5.78 Å². The van der Waals surface area contributed by atoms with Gasteiger partial charge in [-0.25, -0.2) is 0 Å². The molecule has 2 nitrogen and oxygen atoms in total. The minimum absolute atomic E-state index is 0.0902. The zero-order valence-electron chi connectivity index (χ0n) is 14.6. The van der Waals surface area contributed by atoms with Crippen LogP contribution in [0.25, 0.3) is 0 Å². The summed E-state index contributed by atoms with van der Waals surface area (Å²) >= 11 is 1.70. The number of carbonyl (C=O) groups is 1. The summed E-state index contributed by atoms with van der Waals surface area (Å²) < 4.78 is 0. The van der Waals surface area contributed by atoms with Crippen molar-refractivity contribution in [2.45, 2.75) is 17.7 Å². The number of benzene rings is 2. The van der Waals surface area contributed by atoms with Gasteiger partial charge in [-0.3, -0.25) is 9.69 Å². The first kappa shape index (κ1) is 17.8. The quantitative estimate of drug-likeness (QED) is 0.465. The van der Waals surface area contributed by atoms with Gasteiger partial charge in [0.05, 0.1) is 6.54 Å². The Bertz CT molecular complexity index is 758. The molecule has 0 unspecified atom stereocenters. The van der Waals surface area contributed by atoms with Crippen LogP contribution in [-0.2, 0) is 0 Å². The number of thioether (sulfide) groups is 1. The molecule has 0 spiro atoms. The zero-order chi connectivity index (χ0) is 17.5. The van der Waals surface area contributed by atoms with Crippen molar-refractivity contribution >= 4 is 17.5 Å². The van der Waals surface area contributed by atoms with Crippen LogP contribution in [0.5, 0.6) is 0 Å². The van der Waals surface area contributed by atoms with Gasteiger partial charge in [-0.05, 0) is 49.9 Å². The summed E-state index contributed by atoms with van der Waals surface area (Å²) in [4.78, 5) is 16.3. The standard InChI is InChI=1S/C22H23NOS/c1-25-21-13-11-19(12-14-21)22(24)20-10-6-16-23(17-20)15-5-9-18-7-3-2-4-8-18/h2-4,7-8,11-14,20H,6,10,15-17H2,1H3/t20-/m1/s1. The Kier molecular flexibility index (Phi) is 6.33. The topological polar surface area (TPSA) is 20.3 Å². The second kappa shape index (κ2) is 8.89. The average molecular weight is 349 g/mol. The van der Waals surface area contributed by atoms with Crippen LogP contribution in [0.4, 0.5) is 0 Å². The van der Waals surface area contributed by atoms with Crippen molar-refractivity contribution in [3.8, 4) is 11.8 Å². The Morgan fingerprint density at radius 3 is 2.64 bits per heavy atom. The molecule has 1 aliphatic heterocycles. The van der Waals surface area contributed by atoms with E-state index in [2.05, 4.69) is 16.7 Å². The third-order valence-corrected chi connectivity index (χ3v) is 5.30. The number of ketones is 1. The highest BCUT2D eigenvalue weighted by molar-refractivity contribution is 7.98. The number of nitrogens with zero attached hydrogens (tertiary/aromatic N) is 1. The van der Waals surface area contributed by atoms with Crippen molar-refractivity contribution in [1.82, 2.24) is 4.90 Å². The number of Topliss-reactive ketones (excluding diaryl/α,β-unsaturated/α-hetero) is 1. The first-order valence-electron chi connectivity index (χ1n) is 8.71. The lowest BCUT2D eigenvalue weighted by molar-refractivity contribution is 0.0833. The maximum absolute atomic E-state index is 12.8. The van der Waals surface area contributed by atoms with Crippen LogP contribution in [0.2, 0.25) is 0 Å². The van der Waals surface area contributed by atoms with Crippen LogP contribution in [0.3, 0.4) is 0 Å². The van der Waals surface area contributed by atoms with Crippen molar-refractivity contribution in [2.24, 2.45) is 5.92 Å². The smallest absolute Gasteiger partial charge is 0.167 e. The molecule has 3 heteroatoms. The molecule has 1 heterocycles. The van der Waals surface area contributed by atoms with E-state index in [4.69, 9.17) is 0 Å². The van der Waals surface area contributed by atoms with Gasteiger partial charge in [0.2, 0.25) is 0 Å². The molecular formula is C22H23NOS. The SMILES string of the molecule is CSc1ccc(C(=O)[C@@H]2CCCN(CC#Cc3ccccc3)C2)cc1. The van der Waals surface area contributed by atoms with Crippen molar-refractivity contribution in [3.05, 3.63) is 65.7 Å². The highest BCUT2D eigenvalue weighted by Crippen LogP contribution is 2.22. The van der Waals surface area contributed by atoms with Crippen LogP contribution in [0.1, 0.15) is 28.8 Å². The second-order valence-electron chi connectivity index (χ2n) is 6.33. The molecule has 0 N–H and O–H groups in total. The average Bonchev–Trinajstić information content (AvgIpc) is 2.68. The van der Waals surface area contributed by atoms with Crippen LogP contribution >= 0.6 is 11.8 Å². The van der Waals surface area contributed by atoms with Gasteiger partial charge >= 0.3 is 0 Å². The molecular weight excluding hydrogens is 326 g/mol. The molecule has 1 fully saturated rings. The Balaban J connectivity index is 1.58. The highest BCUT2D eigenvalue weighted by atomic mass is 32.2. The molecule has 1 saturated heterocycles. The predicted octanol–water partition coefficient (Wildman–Crippen LogP) is 4.35. The van der Waals surface area contributed by atoms with E-state index in [1.54, 1.807) is 11.8 Å². The molecule has 1 aliphatic rings. The number of hydrogen-bond donors (Lipinski definition) is 0. The molecule has 0 aliphatic carbocycles. The maximum Gasteiger partial charge on any atom is 0.167 e. The lowest BCUT2D eigenvalue weighted by Gasteiger charge is -2.30. The molecule has 2 aromatic carbocycles. The minimum atomic E-state index is 0.0902. The van der Waals surface area contributed by atoms with Crippen molar-refractivity contribution < 1.29 is 4.79 Å². The van der Waals surface area contributed by atoms with Gasteiger partial charge in [0.25, 0.3) is 0 Å². The summed E-state index contributed by atoms with van der Waals surface area (Å²) in [6, 6.07) is 18.0. The number of carbonyl (C=O) groups excluding carboxylic acids is 1. The van der Waals surface area contributed by atoms with E-state index < -0.39 is 0 Å². The molecule has 128 valence electrons. The molecule has 2 aromatic rings. The molecule has 3 rings (SSSR count). The molecule has 0 radical (unpaired) electrons. The maximum atomic E-state index is 12.8. The lowest BCUT2D eigenvalue weighted by Crippen LogP contribution is -2.38. The Hall–Kier alpha value is -2.02. The Morgan fingerprint density at radius 2 is 1.92 bits per heavy atom. The van der Waals surface area contributed by atoms with Crippen LogP contribution in [0.15, 0.2) is 59.5 Å². The van der Waals surface area contributed by atoms with E-state index in [9.17, 15) is 4.79 Å². The van der Waals surface area contributed by atoms with E-state index >= 15 is 0 Å².